The van der Waals surface area contributed by atoms with Gasteiger partial charge in [0.15, 0.2) is 0 Å². The SMILES string of the molecule is Cc1cc(Br)c(C(N)CO)c(C)c1O. The van der Waals surface area contributed by atoms with Crippen molar-refractivity contribution in [2.75, 3.05) is 6.61 Å². The molecule has 0 bridgehead atoms. The van der Waals surface area contributed by atoms with E-state index in [1.165, 1.54) is 0 Å². The van der Waals surface area contributed by atoms with Crippen LogP contribution in [0, 0.1) is 13.8 Å². The van der Waals surface area contributed by atoms with Gasteiger partial charge in [0.25, 0.3) is 0 Å². The molecule has 0 radical (unpaired) electrons. The lowest BCUT2D eigenvalue weighted by atomic mass is 9.99. The third-order valence-corrected chi connectivity index (χ3v) is 2.96. The summed E-state index contributed by atoms with van der Waals surface area (Å²) in [4.78, 5) is 0. The van der Waals surface area contributed by atoms with Crippen molar-refractivity contribution in [2.45, 2.75) is 19.9 Å². The average molecular weight is 260 g/mol. The molecule has 0 saturated heterocycles. The lowest BCUT2D eigenvalue weighted by Crippen LogP contribution is -2.16. The van der Waals surface area contributed by atoms with Gasteiger partial charge in [0.1, 0.15) is 5.75 Å². The highest BCUT2D eigenvalue weighted by molar-refractivity contribution is 9.10. The van der Waals surface area contributed by atoms with Crippen molar-refractivity contribution >= 4 is 15.9 Å². The van der Waals surface area contributed by atoms with Gasteiger partial charge in [0.2, 0.25) is 0 Å². The zero-order valence-corrected chi connectivity index (χ0v) is 9.80. The predicted octanol–water partition coefficient (Wildman–Crippen LogP) is 1.76. The molecule has 0 heterocycles. The second kappa shape index (κ2) is 4.29. The largest absolute Gasteiger partial charge is 0.507 e. The van der Waals surface area contributed by atoms with E-state index in [-0.39, 0.29) is 12.4 Å². The maximum absolute atomic E-state index is 9.70. The van der Waals surface area contributed by atoms with Gasteiger partial charge < -0.3 is 15.9 Å². The molecule has 14 heavy (non-hydrogen) atoms. The Morgan fingerprint density at radius 1 is 1.50 bits per heavy atom. The van der Waals surface area contributed by atoms with Gasteiger partial charge in [-0.05, 0) is 36.6 Å². The molecule has 0 aromatic heterocycles. The van der Waals surface area contributed by atoms with Crippen LogP contribution in [0.15, 0.2) is 10.5 Å². The van der Waals surface area contributed by atoms with Gasteiger partial charge in [-0.1, -0.05) is 15.9 Å². The van der Waals surface area contributed by atoms with Crippen LogP contribution in [-0.4, -0.2) is 16.8 Å². The number of halogens is 1. The first-order valence-corrected chi connectivity index (χ1v) is 5.13. The molecule has 4 N–H and O–H groups in total. The van der Waals surface area contributed by atoms with Crippen molar-refractivity contribution in [3.8, 4) is 5.75 Å². The second-order valence-corrected chi connectivity index (χ2v) is 4.21. The predicted molar refractivity (Wildman–Crippen MR) is 59.3 cm³/mol. The van der Waals surface area contributed by atoms with Gasteiger partial charge >= 0.3 is 0 Å². The van der Waals surface area contributed by atoms with Crippen molar-refractivity contribution in [2.24, 2.45) is 5.73 Å². The number of aryl methyl sites for hydroxylation is 1. The van der Waals surface area contributed by atoms with Crippen molar-refractivity contribution in [3.63, 3.8) is 0 Å². The number of phenolic OH excluding ortho intramolecular Hbond substituents is 1. The summed E-state index contributed by atoms with van der Waals surface area (Å²) in [6.45, 7) is 3.47. The number of aliphatic hydroxyl groups excluding tert-OH is 1. The Kier molecular flexibility index (Phi) is 3.53. The molecule has 78 valence electrons. The molecule has 0 aliphatic heterocycles. The standard InChI is InChI=1S/C10H14BrNO2/c1-5-3-7(11)9(8(12)4-13)6(2)10(5)14/h3,8,13-14H,4,12H2,1-2H3. The van der Waals surface area contributed by atoms with Crippen molar-refractivity contribution in [1.82, 2.24) is 0 Å². The first-order chi connectivity index (χ1) is 6.49. The normalized spacial score (nSPS) is 12.9. The molecular weight excluding hydrogens is 246 g/mol. The van der Waals surface area contributed by atoms with Crippen LogP contribution in [0.5, 0.6) is 5.75 Å². The zero-order chi connectivity index (χ0) is 10.9. The molecule has 0 aliphatic carbocycles. The number of hydrogen-bond donors (Lipinski definition) is 3. The lowest BCUT2D eigenvalue weighted by Gasteiger charge is -2.16. The Bertz CT molecular complexity index is 352. The highest BCUT2D eigenvalue weighted by Crippen LogP contribution is 2.34. The van der Waals surface area contributed by atoms with Gasteiger partial charge in [0.05, 0.1) is 12.6 Å². The van der Waals surface area contributed by atoms with E-state index in [9.17, 15) is 5.11 Å². The second-order valence-electron chi connectivity index (χ2n) is 3.35. The minimum atomic E-state index is -0.462. The highest BCUT2D eigenvalue weighted by atomic mass is 79.9. The number of rotatable bonds is 2. The summed E-state index contributed by atoms with van der Waals surface area (Å²) in [5.41, 5.74) is 8.00. The third kappa shape index (κ3) is 1.92. The fourth-order valence-corrected chi connectivity index (χ4v) is 2.42. The number of nitrogens with two attached hydrogens (primary N) is 1. The molecule has 0 aliphatic rings. The van der Waals surface area contributed by atoms with Gasteiger partial charge in [-0.25, -0.2) is 0 Å². The van der Waals surface area contributed by atoms with Crippen LogP contribution in [0.2, 0.25) is 0 Å². The number of hydrogen-bond acceptors (Lipinski definition) is 3. The van der Waals surface area contributed by atoms with Crippen LogP contribution in [-0.2, 0) is 0 Å². The van der Waals surface area contributed by atoms with E-state index in [2.05, 4.69) is 15.9 Å². The summed E-state index contributed by atoms with van der Waals surface area (Å²) >= 11 is 3.37. The Labute approximate surface area is 91.7 Å². The van der Waals surface area contributed by atoms with Gasteiger partial charge in [0, 0.05) is 4.47 Å². The van der Waals surface area contributed by atoms with E-state index in [4.69, 9.17) is 10.8 Å². The first kappa shape index (κ1) is 11.5. The van der Waals surface area contributed by atoms with E-state index >= 15 is 0 Å². The smallest absolute Gasteiger partial charge is 0.121 e. The third-order valence-electron chi connectivity index (χ3n) is 2.30. The fraction of sp³-hybridized carbons (Fsp3) is 0.400. The zero-order valence-electron chi connectivity index (χ0n) is 8.21. The van der Waals surface area contributed by atoms with Crippen molar-refractivity contribution in [3.05, 3.63) is 27.2 Å². The summed E-state index contributed by atoms with van der Waals surface area (Å²) in [5.74, 6) is 0.243. The number of aromatic hydroxyl groups is 1. The van der Waals surface area contributed by atoms with Crippen LogP contribution in [0.1, 0.15) is 22.7 Å². The van der Waals surface area contributed by atoms with Crippen LogP contribution in [0.25, 0.3) is 0 Å². The maximum Gasteiger partial charge on any atom is 0.121 e. The topological polar surface area (TPSA) is 66.5 Å². The Hall–Kier alpha value is -0.580. The van der Waals surface area contributed by atoms with Crippen LogP contribution in [0.4, 0.5) is 0 Å². The van der Waals surface area contributed by atoms with Gasteiger partial charge in [-0.3, -0.25) is 0 Å². The molecule has 1 aromatic rings. The van der Waals surface area contributed by atoms with Crippen LogP contribution >= 0.6 is 15.9 Å². The minimum Gasteiger partial charge on any atom is -0.507 e. The Balaban J connectivity index is 3.36. The molecule has 1 atom stereocenters. The summed E-state index contributed by atoms with van der Waals surface area (Å²) < 4.78 is 0.826. The first-order valence-electron chi connectivity index (χ1n) is 4.34. The number of phenols is 1. The lowest BCUT2D eigenvalue weighted by molar-refractivity contribution is 0.267. The van der Waals surface area contributed by atoms with Gasteiger partial charge in [-0.2, -0.15) is 0 Å². The van der Waals surface area contributed by atoms with E-state index in [1.54, 1.807) is 13.0 Å². The molecule has 0 amide bonds. The molecule has 1 unspecified atom stereocenters. The van der Waals surface area contributed by atoms with Crippen molar-refractivity contribution < 1.29 is 10.2 Å². The quantitative estimate of drug-likeness (QED) is 0.759. The molecular formula is C10H14BrNO2. The molecule has 1 aromatic carbocycles. The summed E-state index contributed by atoms with van der Waals surface area (Å²) in [6.07, 6.45) is 0. The molecule has 0 fully saturated rings. The summed E-state index contributed by atoms with van der Waals surface area (Å²) in [5, 5.41) is 18.7. The molecule has 0 saturated carbocycles. The van der Waals surface area contributed by atoms with Crippen LogP contribution in [0.3, 0.4) is 0 Å². The molecule has 1 rings (SSSR count). The molecule has 4 heteroatoms. The van der Waals surface area contributed by atoms with E-state index < -0.39 is 6.04 Å². The highest BCUT2D eigenvalue weighted by Gasteiger charge is 2.16. The number of aliphatic hydroxyl groups is 1. The van der Waals surface area contributed by atoms with E-state index in [0.717, 1.165) is 21.2 Å². The summed E-state index contributed by atoms with van der Waals surface area (Å²) in [7, 11) is 0. The van der Waals surface area contributed by atoms with E-state index in [1.807, 2.05) is 6.92 Å². The maximum atomic E-state index is 9.70. The van der Waals surface area contributed by atoms with Gasteiger partial charge in [-0.15, -0.1) is 0 Å². The monoisotopic (exact) mass is 259 g/mol. The summed E-state index contributed by atoms with van der Waals surface area (Å²) in [6, 6.07) is 1.34. The fourth-order valence-electron chi connectivity index (χ4n) is 1.49. The Morgan fingerprint density at radius 2 is 2.07 bits per heavy atom. The molecule has 3 nitrogen and oxygen atoms in total. The van der Waals surface area contributed by atoms with E-state index in [0.29, 0.717) is 0 Å². The minimum absolute atomic E-state index is 0.137. The average Bonchev–Trinajstić information content (AvgIpc) is 2.14. The molecule has 0 spiro atoms. The number of benzene rings is 1. The Morgan fingerprint density at radius 3 is 2.57 bits per heavy atom. The van der Waals surface area contributed by atoms with Crippen LogP contribution < -0.4 is 5.73 Å². The van der Waals surface area contributed by atoms with Crippen molar-refractivity contribution in [1.29, 1.82) is 0 Å².